The van der Waals surface area contributed by atoms with Crippen LogP contribution in [-0.2, 0) is 0 Å². The largest absolute Gasteiger partial charge is 0.309 e. The van der Waals surface area contributed by atoms with Gasteiger partial charge in [-0.25, -0.2) is 0 Å². The molecule has 0 aliphatic heterocycles. The smallest absolute Gasteiger partial charge is 0.0415 e. The van der Waals surface area contributed by atoms with Gasteiger partial charge >= 0.3 is 0 Å². The topological polar surface area (TPSA) is 12.0 Å². The first kappa shape index (κ1) is 14.2. The van der Waals surface area contributed by atoms with Crippen molar-refractivity contribution < 1.29 is 0 Å². The zero-order chi connectivity index (χ0) is 13.5. The van der Waals surface area contributed by atoms with Crippen molar-refractivity contribution in [3.8, 4) is 0 Å². The first-order valence-corrected chi connectivity index (χ1v) is 7.76. The lowest BCUT2D eigenvalue weighted by molar-refractivity contribution is 0.606. The summed E-state index contributed by atoms with van der Waals surface area (Å²) in [4.78, 5) is 1.35. The number of hydrogen-bond acceptors (Lipinski definition) is 2. The number of benzene rings is 2. The van der Waals surface area contributed by atoms with Crippen molar-refractivity contribution in [2.45, 2.75) is 24.8 Å². The molecule has 2 heteroatoms. The molecule has 0 aliphatic rings. The van der Waals surface area contributed by atoms with E-state index in [2.05, 4.69) is 73.8 Å². The Morgan fingerprint density at radius 3 is 2.53 bits per heavy atom. The molecule has 0 fully saturated rings. The fourth-order valence-electron chi connectivity index (χ4n) is 2.09. The molecular weight excluding hydrogens is 250 g/mol. The van der Waals surface area contributed by atoms with Crippen LogP contribution in [0.5, 0.6) is 0 Å². The standard InChI is InChI=1S/C17H21NS/c1-3-18-17(15-9-5-4-6-10-15)13-19-16-11-7-8-14(2)12-16/h4-12,17-18H,3,13H2,1-2H3. The third-order valence-corrected chi connectivity index (χ3v) is 4.15. The summed E-state index contributed by atoms with van der Waals surface area (Å²) in [5, 5.41) is 3.56. The molecule has 2 aromatic rings. The Balaban J connectivity index is 2.01. The maximum absolute atomic E-state index is 3.56. The van der Waals surface area contributed by atoms with E-state index in [1.165, 1.54) is 16.0 Å². The van der Waals surface area contributed by atoms with Crippen LogP contribution >= 0.6 is 11.8 Å². The summed E-state index contributed by atoms with van der Waals surface area (Å²) in [6, 6.07) is 19.8. The first-order chi connectivity index (χ1) is 9.29. The Hall–Kier alpha value is -1.25. The van der Waals surface area contributed by atoms with Crippen LogP contribution in [0.3, 0.4) is 0 Å². The molecule has 19 heavy (non-hydrogen) atoms. The lowest BCUT2D eigenvalue weighted by Gasteiger charge is -2.18. The molecule has 1 nitrogen and oxygen atoms in total. The predicted molar refractivity (Wildman–Crippen MR) is 84.8 cm³/mol. The minimum atomic E-state index is 0.414. The fourth-order valence-corrected chi connectivity index (χ4v) is 3.20. The number of rotatable bonds is 6. The molecule has 100 valence electrons. The number of nitrogens with one attached hydrogen (secondary N) is 1. The van der Waals surface area contributed by atoms with E-state index in [0.717, 1.165) is 12.3 Å². The van der Waals surface area contributed by atoms with E-state index in [1.54, 1.807) is 0 Å². The van der Waals surface area contributed by atoms with Crippen LogP contribution in [0.1, 0.15) is 24.1 Å². The van der Waals surface area contributed by atoms with Crippen LogP contribution in [0.15, 0.2) is 59.5 Å². The van der Waals surface area contributed by atoms with Crippen molar-refractivity contribution in [2.75, 3.05) is 12.3 Å². The van der Waals surface area contributed by atoms with Gasteiger partial charge in [0.2, 0.25) is 0 Å². The predicted octanol–water partition coefficient (Wildman–Crippen LogP) is 4.44. The minimum absolute atomic E-state index is 0.414. The zero-order valence-corrected chi connectivity index (χ0v) is 12.4. The molecule has 2 rings (SSSR count). The van der Waals surface area contributed by atoms with Gasteiger partial charge in [-0.15, -0.1) is 11.8 Å². The van der Waals surface area contributed by atoms with E-state index < -0.39 is 0 Å². The van der Waals surface area contributed by atoms with Gasteiger partial charge in [0.1, 0.15) is 0 Å². The number of aryl methyl sites for hydroxylation is 1. The molecule has 0 saturated heterocycles. The first-order valence-electron chi connectivity index (χ1n) is 6.77. The summed E-state index contributed by atoms with van der Waals surface area (Å²) in [5.41, 5.74) is 2.69. The van der Waals surface area contributed by atoms with Crippen molar-refractivity contribution in [2.24, 2.45) is 0 Å². The highest BCUT2D eigenvalue weighted by Gasteiger charge is 2.10. The molecule has 0 aliphatic carbocycles. The van der Waals surface area contributed by atoms with E-state index in [1.807, 2.05) is 11.8 Å². The summed E-state index contributed by atoms with van der Waals surface area (Å²) in [5.74, 6) is 1.06. The molecule has 1 unspecified atom stereocenters. The lowest BCUT2D eigenvalue weighted by Crippen LogP contribution is -2.22. The van der Waals surface area contributed by atoms with Crippen molar-refractivity contribution in [1.82, 2.24) is 5.32 Å². The van der Waals surface area contributed by atoms with Gasteiger partial charge in [-0.3, -0.25) is 0 Å². The van der Waals surface area contributed by atoms with Gasteiger partial charge < -0.3 is 5.32 Å². The summed E-state index contributed by atoms with van der Waals surface area (Å²) < 4.78 is 0. The zero-order valence-electron chi connectivity index (χ0n) is 11.6. The molecular formula is C17H21NS. The van der Waals surface area contributed by atoms with Gasteiger partial charge in [-0.2, -0.15) is 0 Å². The molecule has 1 atom stereocenters. The normalized spacial score (nSPS) is 12.3. The second kappa shape index (κ2) is 7.37. The second-order valence-electron chi connectivity index (χ2n) is 4.65. The van der Waals surface area contributed by atoms with Gasteiger partial charge in [0.25, 0.3) is 0 Å². The highest BCUT2D eigenvalue weighted by Crippen LogP contribution is 2.25. The maximum atomic E-state index is 3.56. The van der Waals surface area contributed by atoms with Crippen molar-refractivity contribution >= 4 is 11.8 Å². The van der Waals surface area contributed by atoms with Crippen LogP contribution in [0.25, 0.3) is 0 Å². The Morgan fingerprint density at radius 1 is 1.05 bits per heavy atom. The summed E-state index contributed by atoms with van der Waals surface area (Å²) in [6.07, 6.45) is 0. The second-order valence-corrected chi connectivity index (χ2v) is 5.74. The highest BCUT2D eigenvalue weighted by molar-refractivity contribution is 7.99. The number of thioether (sulfide) groups is 1. The van der Waals surface area contributed by atoms with Gasteiger partial charge in [0.15, 0.2) is 0 Å². The van der Waals surface area contributed by atoms with E-state index >= 15 is 0 Å². The SMILES string of the molecule is CCNC(CSc1cccc(C)c1)c1ccccc1. The summed E-state index contributed by atoms with van der Waals surface area (Å²) in [7, 11) is 0. The van der Waals surface area contributed by atoms with Crippen LogP contribution in [0, 0.1) is 6.92 Å². The Kier molecular flexibility index (Phi) is 5.49. The highest BCUT2D eigenvalue weighted by atomic mass is 32.2. The molecule has 1 N–H and O–H groups in total. The third kappa shape index (κ3) is 4.41. The average molecular weight is 271 g/mol. The van der Waals surface area contributed by atoms with Crippen LogP contribution in [0.2, 0.25) is 0 Å². The third-order valence-electron chi connectivity index (χ3n) is 3.06. The molecule has 2 aromatic carbocycles. The Bertz CT molecular complexity index is 496. The molecule has 0 bridgehead atoms. The number of hydrogen-bond donors (Lipinski definition) is 1. The van der Waals surface area contributed by atoms with Crippen LogP contribution in [0.4, 0.5) is 0 Å². The fraction of sp³-hybridized carbons (Fsp3) is 0.294. The maximum Gasteiger partial charge on any atom is 0.0415 e. The summed E-state index contributed by atoms with van der Waals surface area (Å²) >= 11 is 1.91. The Labute approximate surface area is 120 Å². The van der Waals surface area contributed by atoms with Crippen LogP contribution in [-0.4, -0.2) is 12.3 Å². The Morgan fingerprint density at radius 2 is 1.84 bits per heavy atom. The van der Waals surface area contributed by atoms with E-state index in [0.29, 0.717) is 6.04 Å². The molecule has 0 saturated carbocycles. The van der Waals surface area contributed by atoms with Gasteiger partial charge in [0.05, 0.1) is 0 Å². The monoisotopic (exact) mass is 271 g/mol. The summed E-state index contributed by atoms with van der Waals surface area (Å²) in [6.45, 7) is 5.30. The van der Waals surface area contributed by atoms with Gasteiger partial charge in [-0.05, 0) is 31.2 Å². The van der Waals surface area contributed by atoms with Crippen molar-refractivity contribution in [3.05, 3.63) is 65.7 Å². The van der Waals surface area contributed by atoms with E-state index in [-0.39, 0.29) is 0 Å². The van der Waals surface area contributed by atoms with Gasteiger partial charge in [0, 0.05) is 16.7 Å². The molecule has 0 amide bonds. The van der Waals surface area contributed by atoms with E-state index in [4.69, 9.17) is 0 Å². The van der Waals surface area contributed by atoms with Crippen molar-refractivity contribution in [1.29, 1.82) is 0 Å². The molecule has 0 spiro atoms. The molecule has 0 radical (unpaired) electrons. The van der Waals surface area contributed by atoms with Crippen molar-refractivity contribution in [3.63, 3.8) is 0 Å². The molecule has 0 aromatic heterocycles. The lowest BCUT2D eigenvalue weighted by atomic mass is 10.1. The molecule has 0 heterocycles. The van der Waals surface area contributed by atoms with Crippen LogP contribution < -0.4 is 5.32 Å². The minimum Gasteiger partial charge on any atom is -0.309 e. The van der Waals surface area contributed by atoms with Gasteiger partial charge in [-0.1, -0.05) is 55.0 Å². The average Bonchev–Trinajstić information content (AvgIpc) is 2.44. The quantitative estimate of drug-likeness (QED) is 0.780. The van der Waals surface area contributed by atoms with E-state index in [9.17, 15) is 0 Å².